The summed E-state index contributed by atoms with van der Waals surface area (Å²) < 4.78 is 15.6. The lowest BCUT2D eigenvalue weighted by Gasteiger charge is -2.10. The number of ether oxygens (including phenoxy) is 2. The van der Waals surface area contributed by atoms with Gasteiger partial charge >= 0.3 is 11.9 Å². The summed E-state index contributed by atoms with van der Waals surface area (Å²) in [6, 6.07) is 9.35. The van der Waals surface area contributed by atoms with Crippen LogP contribution in [0.25, 0.3) is 11.0 Å². The van der Waals surface area contributed by atoms with Gasteiger partial charge in [0, 0.05) is 38.0 Å². The van der Waals surface area contributed by atoms with Crippen LogP contribution in [0.1, 0.15) is 30.7 Å². The maximum atomic E-state index is 12.9. The lowest BCUT2D eigenvalue weighted by atomic mass is 10.0. The minimum Gasteiger partial charge on any atom is -0.507 e. The Hall–Kier alpha value is -3.61. The number of fused-ring (bicyclic) bond motifs is 1. The average molecular weight is 382 g/mol. The monoisotopic (exact) mass is 382 g/mol. The van der Waals surface area contributed by atoms with Crippen LogP contribution in [-0.4, -0.2) is 17.0 Å². The van der Waals surface area contributed by atoms with Crippen molar-refractivity contribution in [3.05, 3.63) is 63.5 Å². The van der Waals surface area contributed by atoms with Crippen molar-refractivity contribution in [2.75, 3.05) is 0 Å². The molecule has 1 heterocycles. The second-order valence-corrected chi connectivity index (χ2v) is 6.29. The van der Waals surface area contributed by atoms with Crippen molar-refractivity contribution < 1.29 is 28.6 Å². The van der Waals surface area contributed by atoms with E-state index >= 15 is 0 Å². The number of hydrogen-bond donors (Lipinski definition) is 1. The van der Waals surface area contributed by atoms with Crippen molar-refractivity contribution in [3.63, 3.8) is 0 Å². The molecule has 0 unspecified atom stereocenters. The topological polar surface area (TPSA) is 103 Å². The van der Waals surface area contributed by atoms with E-state index in [2.05, 4.69) is 0 Å². The van der Waals surface area contributed by atoms with E-state index in [1.54, 1.807) is 31.2 Å². The molecule has 7 nitrogen and oxygen atoms in total. The quantitative estimate of drug-likeness (QED) is 0.546. The zero-order valence-corrected chi connectivity index (χ0v) is 15.6. The van der Waals surface area contributed by atoms with Gasteiger partial charge in [-0.15, -0.1) is 0 Å². The lowest BCUT2D eigenvalue weighted by Crippen LogP contribution is -2.12. The van der Waals surface area contributed by atoms with Gasteiger partial charge in [-0.1, -0.05) is 12.1 Å². The number of aromatic hydroxyl groups is 1. The minimum atomic E-state index is -0.549. The molecule has 0 radical (unpaired) electrons. The number of phenols is 1. The van der Waals surface area contributed by atoms with Gasteiger partial charge in [-0.3, -0.25) is 14.4 Å². The molecule has 0 bridgehead atoms. The molecule has 2 aromatic carbocycles. The highest BCUT2D eigenvalue weighted by Gasteiger charge is 2.17. The van der Waals surface area contributed by atoms with Crippen LogP contribution in [-0.2, 0) is 16.0 Å². The molecule has 3 aromatic rings. The summed E-state index contributed by atoms with van der Waals surface area (Å²) >= 11 is 0. The summed E-state index contributed by atoms with van der Waals surface area (Å²) in [7, 11) is 0. The molecule has 0 aliphatic rings. The summed E-state index contributed by atoms with van der Waals surface area (Å²) in [5.74, 6) is -0.396. The van der Waals surface area contributed by atoms with Gasteiger partial charge in [0.15, 0.2) is 5.43 Å². The predicted molar refractivity (Wildman–Crippen MR) is 101 cm³/mol. The zero-order chi connectivity index (χ0) is 20.4. The highest BCUT2D eigenvalue weighted by molar-refractivity contribution is 5.86. The third-order valence-electron chi connectivity index (χ3n) is 4.07. The fourth-order valence-electron chi connectivity index (χ4n) is 2.90. The molecule has 0 aliphatic heterocycles. The van der Waals surface area contributed by atoms with E-state index in [-0.39, 0.29) is 34.3 Å². The van der Waals surface area contributed by atoms with Crippen LogP contribution in [0.15, 0.2) is 45.6 Å². The van der Waals surface area contributed by atoms with Gasteiger partial charge in [-0.2, -0.15) is 0 Å². The Labute approximate surface area is 160 Å². The Morgan fingerprint density at radius 2 is 1.61 bits per heavy atom. The minimum absolute atomic E-state index is 0.0213. The molecule has 1 N–H and O–H groups in total. The van der Waals surface area contributed by atoms with E-state index in [1.807, 2.05) is 0 Å². The van der Waals surface area contributed by atoms with E-state index < -0.39 is 11.9 Å². The van der Waals surface area contributed by atoms with Crippen LogP contribution in [0.4, 0.5) is 0 Å². The summed E-state index contributed by atoms with van der Waals surface area (Å²) in [4.78, 5) is 35.0. The Morgan fingerprint density at radius 3 is 2.21 bits per heavy atom. The van der Waals surface area contributed by atoms with Crippen LogP contribution in [0.3, 0.4) is 0 Å². The van der Waals surface area contributed by atoms with Crippen LogP contribution < -0.4 is 14.9 Å². The number of carbonyl (C=O) groups excluding carboxylic acids is 2. The second-order valence-electron chi connectivity index (χ2n) is 6.29. The number of esters is 2. The Morgan fingerprint density at radius 1 is 1.00 bits per heavy atom. The van der Waals surface area contributed by atoms with E-state index in [9.17, 15) is 19.5 Å². The van der Waals surface area contributed by atoms with Crippen LogP contribution in [0.5, 0.6) is 17.2 Å². The molecule has 0 atom stereocenters. The maximum absolute atomic E-state index is 12.9. The molecule has 28 heavy (non-hydrogen) atoms. The SMILES string of the molecule is CC(=O)Oc1ccc(Cc2c(C)oc3cc(OC(C)=O)cc(O)c3c2=O)cc1. The zero-order valence-electron chi connectivity index (χ0n) is 15.6. The van der Waals surface area contributed by atoms with Crippen LogP contribution in [0, 0.1) is 6.92 Å². The van der Waals surface area contributed by atoms with Gasteiger partial charge in [0.05, 0.1) is 0 Å². The number of rotatable bonds is 4. The molecule has 144 valence electrons. The van der Waals surface area contributed by atoms with Crippen molar-refractivity contribution in [3.8, 4) is 17.2 Å². The van der Waals surface area contributed by atoms with Crippen LogP contribution >= 0.6 is 0 Å². The molecule has 0 amide bonds. The molecule has 0 spiro atoms. The van der Waals surface area contributed by atoms with Gasteiger partial charge in [0.25, 0.3) is 0 Å². The molecular formula is C21H18O7. The lowest BCUT2D eigenvalue weighted by molar-refractivity contribution is -0.132. The van der Waals surface area contributed by atoms with Crippen LogP contribution in [0.2, 0.25) is 0 Å². The highest BCUT2D eigenvalue weighted by atomic mass is 16.5. The summed E-state index contributed by atoms with van der Waals surface area (Å²) in [6.07, 6.45) is 0.273. The van der Waals surface area contributed by atoms with Crippen molar-refractivity contribution in [2.45, 2.75) is 27.2 Å². The largest absolute Gasteiger partial charge is 0.507 e. The predicted octanol–water partition coefficient (Wildman–Crippen LogP) is 3.25. The number of carbonyl (C=O) groups is 2. The molecule has 7 heteroatoms. The Kier molecular flexibility index (Phi) is 5.17. The normalized spacial score (nSPS) is 10.7. The third-order valence-corrected chi connectivity index (χ3v) is 4.07. The van der Waals surface area contributed by atoms with Gasteiger partial charge in [-0.05, 0) is 24.6 Å². The molecule has 0 saturated carbocycles. The smallest absolute Gasteiger partial charge is 0.308 e. The van der Waals surface area contributed by atoms with E-state index in [1.165, 1.54) is 26.0 Å². The summed E-state index contributed by atoms with van der Waals surface area (Å²) in [5, 5.41) is 10.3. The first kappa shape index (κ1) is 19.2. The number of benzene rings is 2. The van der Waals surface area contributed by atoms with Gasteiger partial charge < -0.3 is 19.0 Å². The average Bonchev–Trinajstić information content (AvgIpc) is 2.58. The molecule has 0 aliphatic carbocycles. The van der Waals surface area contributed by atoms with Crippen molar-refractivity contribution in [1.82, 2.24) is 0 Å². The third kappa shape index (κ3) is 4.03. The molecule has 0 fully saturated rings. The summed E-state index contributed by atoms with van der Waals surface area (Å²) in [6.45, 7) is 4.20. The molecular weight excluding hydrogens is 364 g/mol. The number of phenolic OH excluding ortho intramolecular Hbond substituents is 1. The van der Waals surface area contributed by atoms with Crippen molar-refractivity contribution >= 4 is 22.9 Å². The molecule has 3 rings (SSSR count). The Balaban J connectivity index is 2.00. The fraction of sp³-hybridized carbons (Fsp3) is 0.190. The fourth-order valence-corrected chi connectivity index (χ4v) is 2.90. The maximum Gasteiger partial charge on any atom is 0.308 e. The first-order valence-electron chi connectivity index (χ1n) is 8.49. The second kappa shape index (κ2) is 7.56. The van der Waals surface area contributed by atoms with Crippen molar-refractivity contribution in [1.29, 1.82) is 0 Å². The highest BCUT2D eigenvalue weighted by Crippen LogP contribution is 2.30. The van der Waals surface area contributed by atoms with Gasteiger partial charge in [0.1, 0.15) is 34.0 Å². The number of hydrogen-bond acceptors (Lipinski definition) is 7. The molecule has 0 saturated heterocycles. The van der Waals surface area contributed by atoms with E-state index in [4.69, 9.17) is 13.9 Å². The standard InChI is InChI=1S/C21H18O7/c1-11-17(8-14-4-6-15(7-5-14)27-12(2)22)21(25)20-18(24)9-16(28-13(3)23)10-19(20)26-11/h4-7,9-10,24H,8H2,1-3H3. The van der Waals surface area contributed by atoms with Gasteiger partial charge in [0.2, 0.25) is 0 Å². The first-order valence-corrected chi connectivity index (χ1v) is 8.49. The van der Waals surface area contributed by atoms with Crippen molar-refractivity contribution in [2.24, 2.45) is 0 Å². The van der Waals surface area contributed by atoms with E-state index in [0.29, 0.717) is 17.1 Å². The van der Waals surface area contributed by atoms with Gasteiger partial charge in [-0.25, -0.2) is 0 Å². The summed E-state index contributed by atoms with van der Waals surface area (Å²) in [5.41, 5.74) is 0.965. The van der Waals surface area contributed by atoms with E-state index in [0.717, 1.165) is 5.56 Å². The molecule has 1 aromatic heterocycles. The number of aryl methyl sites for hydroxylation is 1. The first-order chi connectivity index (χ1) is 13.2. The Bertz CT molecular complexity index is 1120.